The van der Waals surface area contributed by atoms with Crippen molar-refractivity contribution in [2.45, 2.75) is 78.9 Å². The van der Waals surface area contributed by atoms with E-state index in [0.717, 1.165) is 10.0 Å². The number of methoxy groups -OCH3 is 1. The fourth-order valence-corrected chi connectivity index (χ4v) is 5.99. The lowest BCUT2D eigenvalue weighted by atomic mass is 9.85. The van der Waals surface area contributed by atoms with Crippen LogP contribution >= 0.6 is 15.9 Å². The first kappa shape index (κ1) is 36.1. The van der Waals surface area contributed by atoms with E-state index in [1.807, 2.05) is 38.1 Å². The maximum Gasteiger partial charge on any atom is 0.407 e. The van der Waals surface area contributed by atoms with Crippen LogP contribution in [0.25, 0.3) is 22.3 Å². The Bertz CT molecular complexity index is 1760. The number of esters is 1. The van der Waals surface area contributed by atoms with Crippen molar-refractivity contribution >= 4 is 44.9 Å². The monoisotopic (exact) mass is 742 g/mol. The van der Waals surface area contributed by atoms with Gasteiger partial charge in [0.15, 0.2) is 11.5 Å². The molecule has 2 aliphatic rings. The molecule has 2 N–H and O–H groups in total. The van der Waals surface area contributed by atoms with Gasteiger partial charge in [-0.25, -0.2) is 19.6 Å². The van der Waals surface area contributed by atoms with E-state index in [-0.39, 0.29) is 32.1 Å². The zero-order valence-corrected chi connectivity index (χ0v) is 30.5. The van der Waals surface area contributed by atoms with E-state index in [1.54, 1.807) is 46.8 Å². The largest absolute Gasteiger partial charge is 0.471 e. The second kappa shape index (κ2) is 13.6. The number of fused-ring (bicyclic) bond motifs is 2. The Balaban J connectivity index is 1.46. The second-order valence-corrected chi connectivity index (χ2v) is 15.5. The smallest absolute Gasteiger partial charge is 0.407 e. The van der Waals surface area contributed by atoms with Gasteiger partial charge in [0.25, 0.3) is 0 Å². The molecule has 0 unspecified atom stereocenters. The first-order valence-electron chi connectivity index (χ1n) is 16.0. The molecule has 49 heavy (non-hydrogen) atoms. The Kier molecular flexibility index (Phi) is 10.0. The Morgan fingerprint density at radius 1 is 1.08 bits per heavy atom. The van der Waals surface area contributed by atoms with Gasteiger partial charge < -0.3 is 39.0 Å². The summed E-state index contributed by atoms with van der Waals surface area (Å²) in [5.74, 6) is -0.690. The third kappa shape index (κ3) is 8.18. The van der Waals surface area contributed by atoms with Gasteiger partial charge in [-0.05, 0) is 17.5 Å². The highest BCUT2D eigenvalue weighted by atomic mass is 79.9. The van der Waals surface area contributed by atoms with Crippen molar-refractivity contribution in [3.8, 4) is 28.6 Å². The van der Waals surface area contributed by atoms with Gasteiger partial charge in [-0.1, -0.05) is 62.7 Å². The van der Waals surface area contributed by atoms with Crippen LogP contribution in [0, 0.1) is 10.8 Å². The summed E-state index contributed by atoms with van der Waals surface area (Å²) in [6, 6.07) is 9.00. The van der Waals surface area contributed by atoms with Crippen molar-refractivity contribution < 1.29 is 43.2 Å². The number of amides is 2. The number of ether oxygens (including phenoxy) is 5. The van der Waals surface area contributed by atoms with E-state index in [1.165, 1.54) is 12.0 Å². The topological polar surface area (TPSA) is 159 Å². The van der Waals surface area contributed by atoms with E-state index in [4.69, 9.17) is 33.7 Å². The number of hydrogen-bond acceptors (Lipinski definition) is 11. The quantitative estimate of drug-likeness (QED) is 0.276. The zero-order valence-electron chi connectivity index (χ0n) is 29.0. The minimum absolute atomic E-state index is 0.00637. The molecule has 0 spiro atoms. The minimum atomic E-state index is -1.06. The summed E-state index contributed by atoms with van der Waals surface area (Å²) < 4.78 is 29.6. The maximum atomic E-state index is 14.2. The number of nitrogens with one attached hydrogen (secondary N) is 1. The summed E-state index contributed by atoms with van der Waals surface area (Å²) in [6.45, 7) is 12.3. The van der Waals surface area contributed by atoms with E-state index >= 15 is 0 Å². The molecule has 13 nitrogen and oxygen atoms in total. The van der Waals surface area contributed by atoms with Crippen molar-refractivity contribution in [2.75, 3.05) is 26.9 Å². The van der Waals surface area contributed by atoms with Gasteiger partial charge in [-0.3, -0.25) is 4.79 Å². The summed E-state index contributed by atoms with van der Waals surface area (Å²) in [5.41, 5.74) is 0.823. The minimum Gasteiger partial charge on any atom is -0.471 e. The fraction of sp³-hybridized carbons (Fsp3) is 0.514. The molecule has 0 aliphatic carbocycles. The lowest BCUT2D eigenvalue weighted by Crippen LogP contribution is -2.57. The van der Waals surface area contributed by atoms with Gasteiger partial charge >= 0.3 is 12.1 Å². The number of carbonyl (C=O) groups excluding carboxylic acids is 3. The summed E-state index contributed by atoms with van der Waals surface area (Å²) in [7, 11) is 1.25. The van der Waals surface area contributed by atoms with E-state index in [2.05, 4.69) is 21.2 Å². The van der Waals surface area contributed by atoms with Gasteiger partial charge in [0.2, 0.25) is 17.6 Å². The van der Waals surface area contributed by atoms with Crippen LogP contribution in [0.5, 0.6) is 17.4 Å². The van der Waals surface area contributed by atoms with Gasteiger partial charge in [-0.15, -0.1) is 0 Å². The first-order chi connectivity index (χ1) is 22.9. The maximum absolute atomic E-state index is 14.2. The SMILES string of the molecule is COC(=O)[C@@H]1C[C@@H](Oc2nc3cc4c(cc3nc2-c2cccc(Br)c2)OC(C)(C)O4)CN1C(=O)[C@@H](NC(=O)OCC(C)(C)CO)C(C)(C)C. The number of aliphatic hydroxyl groups is 1. The van der Waals surface area contributed by atoms with E-state index in [0.29, 0.717) is 28.2 Å². The van der Waals surface area contributed by atoms with Crippen molar-refractivity contribution in [3.05, 3.63) is 40.9 Å². The Hall–Kier alpha value is -4.17. The number of aromatic nitrogens is 2. The zero-order chi connectivity index (χ0) is 35.9. The van der Waals surface area contributed by atoms with Crippen molar-refractivity contribution in [1.29, 1.82) is 0 Å². The predicted octanol–water partition coefficient (Wildman–Crippen LogP) is 5.25. The molecule has 1 saturated heterocycles. The highest BCUT2D eigenvalue weighted by Gasteiger charge is 2.47. The summed E-state index contributed by atoms with van der Waals surface area (Å²) in [5, 5.41) is 12.2. The Morgan fingerprint density at radius 3 is 2.33 bits per heavy atom. The molecule has 2 amide bonds. The molecule has 0 saturated carbocycles. The normalized spacial score (nSPS) is 19.0. The molecule has 14 heteroatoms. The average Bonchev–Trinajstić information content (AvgIpc) is 3.58. The lowest BCUT2D eigenvalue weighted by Gasteiger charge is -2.35. The van der Waals surface area contributed by atoms with E-state index in [9.17, 15) is 19.5 Å². The molecule has 2 aliphatic heterocycles. The molecule has 3 aromatic rings. The van der Waals surface area contributed by atoms with Crippen LogP contribution in [0.3, 0.4) is 0 Å². The molecule has 0 bridgehead atoms. The van der Waals surface area contributed by atoms with Crippen LogP contribution in [0.1, 0.15) is 54.9 Å². The average molecular weight is 744 g/mol. The van der Waals surface area contributed by atoms with Crippen LogP contribution in [0.4, 0.5) is 4.79 Å². The highest BCUT2D eigenvalue weighted by molar-refractivity contribution is 9.10. The van der Waals surface area contributed by atoms with Crippen LogP contribution in [0.15, 0.2) is 40.9 Å². The molecule has 2 aromatic carbocycles. The van der Waals surface area contributed by atoms with Crippen molar-refractivity contribution in [1.82, 2.24) is 20.2 Å². The number of aliphatic hydroxyl groups excluding tert-OH is 1. The summed E-state index contributed by atoms with van der Waals surface area (Å²) >= 11 is 3.53. The molecular weight excluding hydrogens is 700 g/mol. The molecule has 5 rings (SSSR count). The number of rotatable bonds is 9. The second-order valence-electron chi connectivity index (χ2n) is 14.6. The van der Waals surface area contributed by atoms with Crippen LogP contribution in [0.2, 0.25) is 0 Å². The Labute approximate surface area is 293 Å². The number of alkyl carbamates (subject to hydrolysis) is 1. The van der Waals surface area contributed by atoms with Gasteiger partial charge in [-0.2, -0.15) is 0 Å². The standard InChI is InChI=1S/C35H43BrN4O9/c1-33(2,3)28(39-32(44)46-18-34(4,5)17-41)30(42)40-16-21(13-24(40)31(43)45-8)47-29-27(19-10-9-11-20(36)12-19)37-22-14-25-26(15-23(22)38-29)49-35(6,7)48-25/h9-12,14-15,21,24,28,41H,13,16-18H2,1-8H3,(H,39,44)/t21-,24+,28-/m1/s1. The van der Waals surface area contributed by atoms with Gasteiger partial charge in [0, 0.05) is 47.9 Å². The molecular formula is C35H43BrN4O9. The third-order valence-electron chi connectivity index (χ3n) is 8.20. The molecule has 1 aromatic heterocycles. The molecule has 3 heterocycles. The predicted molar refractivity (Wildman–Crippen MR) is 183 cm³/mol. The number of likely N-dealkylation sites (tertiary alicyclic amines) is 1. The number of halogens is 1. The summed E-state index contributed by atoms with van der Waals surface area (Å²) in [4.78, 5) is 51.2. The Morgan fingerprint density at radius 2 is 1.73 bits per heavy atom. The van der Waals surface area contributed by atoms with Crippen LogP contribution in [-0.2, 0) is 19.1 Å². The number of hydrogen-bond donors (Lipinski definition) is 2. The third-order valence-corrected chi connectivity index (χ3v) is 8.70. The van der Waals surface area contributed by atoms with Crippen LogP contribution < -0.4 is 19.5 Å². The van der Waals surface area contributed by atoms with Crippen molar-refractivity contribution in [2.24, 2.45) is 10.8 Å². The van der Waals surface area contributed by atoms with Crippen LogP contribution in [-0.4, -0.2) is 88.8 Å². The first-order valence-corrected chi connectivity index (χ1v) is 16.8. The van der Waals surface area contributed by atoms with Gasteiger partial charge in [0.1, 0.15) is 30.5 Å². The highest BCUT2D eigenvalue weighted by Crippen LogP contribution is 2.43. The number of nitrogens with zero attached hydrogens (tertiary/aromatic N) is 3. The number of benzene rings is 2. The van der Waals surface area contributed by atoms with E-state index < -0.39 is 52.8 Å². The lowest BCUT2D eigenvalue weighted by molar-refractivity contribution is -0.152. The number of carbonyl (C=O) groups is 3. The van der Waals surface area contributed by atoms with Crippen molar-refractivity contribution in [3.63, 3.8) is 0 Å². The molecule has 0 radical (unpaired) electrons. The fourth-order valence-electron chi connectivity index (χ4n) is 5.59. The molecule has 3 atom stereocenters. The molecule has 1 fully saturated rings. The summed E-state index contributed by atoms with van der Waals surface area (Å²) in [6.07, 6.45) is -1.39. The van der Waals surface area contributed by atoms with Gasteiger partial charge in [0.05, 0.1) is 31.3 Å². The molecule has 264 valence electrons.